The molecule has 1 atom stereocenters. The lowest BCUT2D eigenvalue weighted by Gasteiger charge is -2.12. The van der Waals surface area contributed by atoms with Gasteiger partial charge in [-0.25, -0.2) is 9.97 Å². The Bertz CT molecular complexity index is 537. The maximum absolute atomic E-state index is 5.47. The lowest BCUT2D eigenvalue weighted by atomic mass is 10.3. The second-order valence-electron chi connectivity index (χ2n) is 4.14. The summed E-state index contributed by atoms with van der Waals surface area (Å²) in [4.78, 5) is 12.7. The Morgan fingerprint density at radius 3 is 2.67 bits per heavy atom. The predicted octanol–water partition coefficient (Wildman–Crippen LogP) is 2.30. The molecule has 6 heteroatoms. The summed E-state index contributed by atoms with van der Waals surface area (Å²) in [6.45, 7) is 5.77. The summed E-state index contributed by atoms with van der Waals surface area (Å²) in [6, 6.07) is 1.84. The highest BCUT2D eigenvalue weighted by Gasteiger charge is 2.12. The van der Waals surface area contributed by atoms with Gasteiger partial charge < -0.3 is 15.1 Å². The summed E-state index contributed by atoms with van der Waals surface area (Å²) in [5.74, 6) is 2.78. The number of nitrogens with zero attached hydrogens (tertiary/aromatic N) is 3. The SMILES string of the molecule is CNc1nc(C)cc(NC(C)c2ncc(C)o2)n1. The Balaban J connectivity index is 2.16. The third kappa shape index (κ3) is 2.77. The molecule has 6 nitrogen and oxygen atoms in total. The molecule has 0 aliphatic rings. The standard InChI is InChI=1S/C12H17N5O/c1-7-5-10(17-12(13-4)15-7)16-9(3)11-14-6-8(2)18-11/h5-6,9H,1-4H3,(H2,13,15,16,17). The minimum Gasteiger partial charge on any atom is -0.444 e. The Kier molecular flexibility index (Phi) is 3.45. The molecule has 0 spiro atoms. The summed E-state index contributed by atoms with van der Waals surface area (Å²) >= 11 is 0. The first kappa shape index (κ1) is 12.3. The molecule has 0 bridgehead atoms. The molecule has 0 aliphatic heterocycles. The molecule has 0 radical (unpaired) electrons. The van der Waals surface area contributed by atoms with E-state index < -0.39 is 0 Å². The van der Waals surface area contributed by atoms with Gasteiger partial charge in [0.1, 0.15) is 17.6 Å². The monoisotopic (exact) mass is 247 g/mol. The first-order valence-electron chi connectivity index (χ1n) is 5.81. The molecule has 2 aromatic rings. The minimum absolute atomic E-state index is 0.0438. The third-order valence-corrected chi connectivity index (χ3v) is 2.45. The fourth-order valence-electron chi connectivity index (χ4n) is 1.61. The number of anilines is 2. The van der Waals surface area contributed by atoms with Gasteiger partial charge in [0.25, 0.3) is 0 Å². The molecule has 2 aromatic heterocycles. The molecule has 2 rings (SSSR count). The molecule has 0 saturated carbocycles. The van der Waals surface area contributed by atoms with Crippen molar-refractivity contribution in [3.05, 3.63) is 29.6 Å². The van der Waals surface area contributed by atoms with Crippen LogP contribution in [0.15, 0.2) is 16.7 Å². The first-order valence-corrected chi connectivity index (χ1v) is 5.81. The molecule has 0 fully saturated rings. The average molecular weight is 247 g/mol. The molecule has 96 valence electrons. The third-order valence-electron chi connectivity index (χ3n) is 2.45. The summed E-state index contributed by atoms with van der Waals surface area (Å²) in [7, 11) is 1.79. The maximum atomic E-state index is 5.47. The van der Waals surface area contributed by atoms with Crippen molar-refractivity contribution in [3.63, 3.8) is 0 Å². The molecule has 18 heavy (non-hydrogen) atoms. The zero-order valence-electron chi connectivity index (χ0n) is 11.0. The number of nitrogens with one attached hydrogen (secondary N) is 2. The number of aryl methyl sites for hydroxylation is 2. The number of aromatic nitrogens is 3. The zero-order chi connectivity index (χ0) is 13.1. The van der Waals surface area contributed by atoms with Gasteiger partial charge in [-0.1, -0.05) is 0 Å². The number of oxazole rings is 1. The van der Waals surface area contributed by atoms with Gasteiger partial charge in [-0.15, -0.1) is 0 Å². The van der Waals surface area contributed by atoms with E-state index in [1.54, 1.807) is 13.2 Å². The number of hydrogen-bond donors (Lipinski definition) is 2. The first-order chi connectivity index (χ1) is 8.58. The highest BCUT2D eigenvalue weighted by Crippen LogP contribution is 2.18. The van der Waals surface area contributed by atoms with Crippen molar-refractivity contribution in [2.24, 2.45) is 0 Å². The van der Waals surface area contributed by atoms with E-state index in [-0.39, 0.29) is 6.04 Å². The van der Waals surface area contributed by atoms with E-state index in [1.807, 2.05) is 26.8 Å². The van der Waals surface area contributed by atoms with Gasteiger partial charge in [0.2, 0.25) is 11.8 Å². The fraction of sp³-hybridized carbons (Fsp3) is 0.417. The second-order valence-corrected chi connectivity index (χ2v) is 4.14. The van der Waals surface area contributed by atoms with E-state index >= 15 is 0 Å². The average Bonchev–Trinajstić information content (AvgIpc) is 2.75. The Labute approximate surface area is 106 Å². The normalized spacial score (nSPS) is 12.2. The van der Waals surface area contributed by atoms with E-state index in [4.69, 9.17) is 4.42 Å². The topological polar surface area (TPSA) is 75.9 Å². The Hall–Kier alpha value is -2.11. The van der Waals surface area contributed by atoms with E-state index in [2.05, 4.69) is 25.6 Å². The molecule has 0 amide bonds. The molecule has 2 N–H and O–H groups in total. The second kappa shape index (κ2) is 5.03. The van der Waals surface area contributed by atoms with Gasteiger partial charge in [-0.3, -0.25) is 0 Å². The van der Waals surface area contributed by atoms with Crippen LogP contribution in [-0.4, -0.2) is 22.0 Å². The Morgan fingerprint density at radius 1 is 1.28 bits per heavy atom. The summed E-state index contributed by atoms with van der Waals surface area (Å²) in [6.07, 6.45) is 1.71. The van der Waals surface area contributed by atoms with Crippen LogP contribution in [0.25, 0.3) is 0 Å². The van der Waals surface area contributed by atoms with Crippen molar-refractivity contribution in [1.82, 2.24) is 15.0 Å². The lowest BCUT2D eigenvalue weighted by molar-refractivity contribution is 0.453. The van der Waals surface area contributed by atoms with Gasteiger partial charge in [-0.2, -0.15) is 4.98 Å². The van der Waals surface area contributed by atoms with Crippen molar-refractivity contribution < 1.29 is 4.42 Å². The molecular formula is C12H17N5O. The van der Waals surface area contributed by atoms with Crippen LogP contribution in [0.3, 0.4) is 0 Å². The molecular weight excluding hydrogens is 230 g/mol. The van der Waals surface area contributed by atoms with E-state index in [9.17, 15) is 0 Å². The molecule has 1 unspecified atom stereocenters. The minimum atomic E-state index is -0.0438. The summed E-state index contributed by atoms with van der Waals surface area (Å²) in [5.41, 5.74) is 0.896. The van der Waals surface area contributed by atoms with Crippen molar-refractivity contribution >= 4 is 11.8 Å². The van der Waals surface area contributed by atoms with Gasteiger partial charge in [0.05, 0.1) is 6.20 Å². The highest BCUT2D eigenvalue weighted by atomic mass is 16.4. The van der Waals surface area contributed by atoms with Gasteiger partial charge in [0, 0.05) is 18.8 Å². The van der Waals surface area contributed by atoms with Crippen LogP contribution >= 0.6 is 0 Å². The van der Waals surface area contributed by atoms with Crippen LogP contribution in [0.1, 0.15) is 30.3 Å². The van der Waals surface area contributed by atoms with Crippen LogP contribution in [0.2, 0.25) is 0 Å². The molecule has 0 aromatic carbocycles. The molecule has 0 saturated heterocycles. The van der Waals surface area contributed by atoms with Gasteiger partial charge in [0.15, 0.2) is 0 Å². The summed E-state index contributed by atoms with van der Waals surface area (Å²) < 4.78 is 5.47. The largest absolute Gasteiger partial charge is 0.444 e. The van der Waals surface area contributed by atoms with Crippen LogP contribution < -0.4 is 10.6 Å². The van der Waals surface area contributed by atoms with Crippen molar-refractivity contribution in [3.8, 4) is 0 Å². The van der Waals surface area contributed by atoms with Crippen LogP contribution in [0.4, 0.5) is 11.8 Å². The van der Waals surface area contributed by atoms with Crippen molar-refractivity contribution in [1.29, 1.82) is 0 Å². The van der Waals surface area contributed by atoms with Crippen LogP contribution in [0.5, 0.6) is 0 Å². The van der Waals surface area contributed by atoms with E-state index in [1.165, 1.54) is 0 Å². The Morgan fingerprint density at radius 2 is 2.06 bits per heavy atom. The summed E-state index contributed by atoms with van der Waals surface area (Å²) in [5, 5.41) is 6.16. The molecule has 0 aliphatic carbocycles. The van der Waals surface area contributed by atoms with Crippen LogP contribution in [-0.2, 0) is 0 Å². The van der Waals surface area contributed by atoms with Crippen molar-refractivity contribution in [2.45, 2.75) is 26.8 Å². The quantitative estimate of drug-likeness (QED) is 0.863. The predicted molar refractivity (Wildman–Crippen MR) is 69.6 cm³/mol. The van der Waals surface area contributed by atoms with E-state index in [0.717, 1.165) is 17.3 Å². The van der Waals surface area contributed by atoms with Crippen LogP contribution in [0, 0.1) is 13.8 Å². The van der Waals surface area contributed by atoms with Gasteiger partial charge >= 0.3 is 0 Å². The van der Waals surface area contributed by atoms with E-state index in [0.29, 0.717) is 11.8 Å². The zero-order valence-corrected chi connectivity index (χ0v) is 11.0. The number of rotatable bonds is 4. The number of hydrogen-bond acceptors (Lipinski definition) is 6. The fourth-order valence-corrected chi connectivity index (χ4v) is 1.61. The smallest absolute Gasteiger partial charge is 0.224 e. The molecule has 2 heterocycles. The van der Waals surface area contributed by atoms with Crippen molar-refractivity contribution in [2.75, 3.05) is 17.7 Å². The lowest BCUT2D eigenvalue weighted by Crippen LogP contribution is -2.10. The maximum Gasteiger partial charge on any atom is 0.224 e. The highest BCUT2D eigenvalue weighted by molar-refractivity contribution is 5.42. The van der Waals surface area contributed by atoms with Gasteiger partial charge in [-0.05, 0) is 20.8 Å².